The van der Waals surface area contributed by atoms with E-state index in [-0.39, 0.29) is 12.3 Å². The first-order chi connectivity index (χ1) is 15.9. The Morgan fingerprint density at radius 1 is 0.970 bits per heavy atom. The Labute approximate surface area is 192 Å². The third-order valence-electron chi connectivity index (χ3n) is 6.53. The molecule has 1 amide bonds. The summed E-state index contributed by atoms with van der Waals surface area (Å²) in [6, 6.07) is 7.69. The molecule has 3 aromatic rings. The van der Waals surface area contributed by atoms with Gasteiger partial charge in [-0.3, -0.25) is 4.79 Å². The third-order valence-corrected chi connectivity index (χ3v) is 6.53. The Kier molecular flexibility index (Phi) is 6.31. The van der Waals surface area contributed by atoms with Gasteiger partial charge in [-0.25, -0.2) is 4.79 Å². The maximum atomic E-state index is 13.0. The first-order valence-corrected chi connectivity index (χ1v) is 11.0. The van der Waals surface area contributed by atoms with Crippen molar-refractivity contribution in [3.05, 3.63) is 62.5 Å². The molecule has 0 unspecified atom stereocenters. The normalized spacial score (nSPS) is 13.1. The van der Waals surface area contributed by atoms with E-state index < -0.39 is 5.63 Å². The van der Waals surface area contributed by atoms with E-state index in [1.807, 2.05) is 43.0 Å². The quantitative estimate of drug-likeness (QED) is 0.528. The molecule has 0 atom stereocenters. The third kappa shape index (κ3) is 4.15. The van der Waals surface area contributed by atoms with Gasteiger partial charge in [0.2, 0.25) is 5.91 Å². The summed E-state index contributed by atoms with van der Waals surface area (Å²) in [4.78, 5) is 27.6. The van der Waals surface area contributed by atoms with Crippen LogP contribution >= 0.6 is 0 Å². The van der Waals surface area contributed by atoms with Gasteiger partial charge >= 0.3 is 5.63 Å². The molecular weight excluding hydrogens is 422 g/mol. The Bertz CT molecular complexity index is 1280. The van der Waals surface area contributed by atoms with Gasteiger partial charge in [-0.2, -0.15) is 0 Å². The molecular formula is C26H29NO6. The minimum absolute atomic E-state index is 0.0141. The molecule has 0 spiro atoms. The zero-order valence-corrected chi connectivity index (χ0v) is 19.7. The molecule has 0 fully saturated rings. The topological polar surface area (TPSA) is 78.2 Å². The standard InChI is InChI=1S/C26H29NO6/c1-15-19-6-8-21(30-3)16(2)25(19)33-26(29)20(15)7-9-24(28)27-11-10-17-12-22(31-4)23(32-5)13-18(17)14-27/h6,8,12-13H,7,9-11,14H2,1-5H3. The highest BCUT2D eigenvalue weighted by Gasteiger charge is 2.24. The second-order valence-corrected chi connectivity index (χ2v) is 8.30. The van der Waals surface area contributed by atoms with Crippen LogP contribution < -0.4 is 19.8 Å². The van der Waals surface area contributed by atoms with Crippen LogP contribution in [0, 0.1) is 13.8 Å². The monoisotopic (exact) mass is 451 g/mol. The van der Waals surface area contributed by atoms with Crippen LogP contribution in [0.5, 0.6) is 17.2 Å². The van der Waals surface area contributed by atoms with Gasteiger partial charge in [0.25, 0.3) is 0 Å². The summed E-state index contributed by atoms with van der Waals surface area (Å²) in [7, 11) is 4.81. The van der Waals surface area contributed by atoms with Crippen molar-refractivity contribution >= 4 is 16.9 Å². The van der Waals surface area contributed by atoms with Gasteiger partial charge in [0.15, 0.2) is 11.5 Å². The Morgan fingerprint density at radius 2 is 1.64 bits per heavy atom. The molecule has 1 aliphatic heterocycles. The average molecular weight is 452 g/mol. The number of fused-ring (bicyclic) bond motifs is 2. The zero-order chi connectivity index (χ0) is 23.7. The van der Waals surface area contributed by atoms with Crippen LogP contribution in [0.4, 0.5) is 0 Å². The number of hydrogen-bond donors (Lipinski definition) is 0. The number of carbonyl (C=O) groups is 1. The molecule has 0 saturated carbocycles. The van der Waals surface area contributed by atoms with Crippen LogP contribution in [0.2, 0.25) is 0 Å². The average Bonchev–Trinajstić information content (AvgIpc) is 2.83. The lowest BCUT2D eigenvalue weighted by Gasteiger charge is -2.29. The summed E-state index contributed by atoms with van der Waals surface area (Å²) in [6.07, 6.45) is 1.33. The van der Waals surface area contributed by atoms with E-state index in [0.29, 0.717) is 47.9 Å². The van der Waals surface area contributed by atoms with Crippen molar-refractivity contribution in [1.29, 1.82) is 0 Å². The van der Waals surface area contributed by atoms with Crippen LogP contribution in [-0.2, 0) is 24.2 Å². The molecule has 0 bridgehead atoms. The van der Waals surface area contributed by atoms with Crippen molar-refractivity contribution in [3.8, 4) is 17.2 Å². The minimum atomic E-state index is -0.398. The summed E-state index contributed by atoms with van der Waals surface area (Å²) in [6.45, 7) is 4.91. The maximum absolute atomic E-state index is 13.0. The molecule has 174 valence electrons. The van der Waals surface area contributed by atoms with E-state index in [4.69, 9.17) is 18.6 Å². The molecule has 1 aromatic heterocycles. The Balaban J connectivity index is 1.52. The first kappa shape index (κ1) is 22.7. The molecule has 7 nitrogen and oxygen atoms in total. The van der Waals surface area contributed by atoms with Crippen LogP contribution in [-0.4, -0.2) is 38.7 Å². The van der Waals surface area contributed by atoms with Gasteiger partial charge in [-0.1, -0.05) is 0 Å². The van der Waals surface area contributed by atoms with Crippen molar-refractivity contribution in [2.75, 3.05) is 27.9 Å². The van der Waals surface area contributed by atoms with Crippen LogP contribution in [0.3, 0.4) is 0 Å². The lowest BCUT2D eigenvalue weighted by atomic mass is 9.97. The van der Waals surface area contributed by atoms with Crippen molar-refractivity contribution in [3.63, 3.8) is 0 Å². The number of nitrogens with zero attached hydrogens (tertiary/aromatic N) is 1. The summed E-state index contributed by atoms with van der Waals surface area (Å²) in [5, 5.41) is 0.864. The summed E-state index contributed by atoms with van der Waals surface area (Å²) >= 11 is 0. The number of amides is 1. The van der Waals surface area contributed by atoms with E-state index >= 15 is 0 Å². The van der Waals surface area contributed by atoms with E-state index in [2.05, 4.69) is 0 Å². The Morgan fingerprint density at radius 3 is 2.30 bits per heavy atom. The van der Waals surface area contributed by atoms with Gasteiger partial charge in [0, 0.05) is 36.0 Å². The molecule has 7 heteroatoms. The fourth-order valence-corrected chi connectivity index (χ4v) is 4.57. The fraction of sp³-hybridized carbons (Fsp3) is 0.385. The van der Waals surface area contributed by atoms with Crippen LogP contribution in [0.1, 0.15) is 34.2 Å². The molecule has 2 aromatic carbocycles. The smallest absolute Gasteiger partial charge is 0.339 e. The maximum Gasteiger partial charge on any atom is 0.339 e. The highest BCUT2D eigenvalue weighted by atomic mass is 16.5. The number of benzene rings is 2. The molecule has 1 aliphatic rings. The van der Waals surface area contributed by atoms with Crippen molar-refractivity contribution < 1.29 is 23.4 Å². The largest absolute Gasteiger partial charge is 0.496 e. The molecule has 2 heterocycles. The lowest BCUT2D eigenvalue weighted by molar-refractivity contribution is -0.132. The van der Waals surface area contributed by atoms with E-state index in [0.717, 1.165) is 34.1 Å². The molecule has 4 rings (SSSR count). The molecule has 0 radical (unpaired) electrons. The summed E-state index contributed by atoms with van der Waals surface area (Å²) < 4.78 is 21.8. The molecule has 0 N–H and O–H groups in total. The minimum Gasteiger partial charge on any atom is -0.496 e. The van der Waals surface area contributed by atoms with Gasteiger partial charge < -0.3 is 23.5 Å². The number of ether oxygens (including phenoxy) is 3. The summed E-state index contributed by atoms with van der Waals surface area (Å²) in [5.74, 6) is 2.04. The highest BCUT2D eigenvalue weighted by Crippen LogP contribution is 2.33. The first-order valence-electron chi connectivity index (χ1n) is 11.0. The molecule has 33 heavy (non-hydrogen) atoms. The van der Waals surface area contributed by atoms with Crippen molar-refractivity contribution in [2.24, 2.45) is 0 Å². The Hall–Kier alpha value is -3.48. The SMILES string of the molecule is COc1cc2c(cc1OC)CN(C(=O)CCc1c(C)c3ccc(OC)c(C)c3oc1=O)CC2. The number of rotatable bonds is 6. The number of carbonyl (C=O) groups excluding carboxylic acids is 1. The lowest BCUT2D eigenvalue weighted by Crippen LogP contribution is -2.36. The van der Waals surface area contributed by atoms with E-state index in [9.17, 15) is 9.59 Å². The molecule has 0 saturated heterocycles. The van der Waals surface area contributed by atoms with Crippen LogP contribution in [0.15, 0.2) is 33.5 Å². The number of hydrogen-bond acceptors (Lipinski definition) is 6. The van der Waals surface area contributed by atoms with Gasteiger partial charge in [-0.15, -0.1) is 0 Å². The summed E-state index contributed by atoms with van der Waals surface area (Å²) in [5.41, 5.74) is 4.53. The fourth-order valence-electron chi connectivity index (χ4n) is 4.57. The number of aryl methyl sites for hydroxylation is 2. The van der Waals surface area contributed by atoms with Gasteiger partial charge in [0.1, 0.15) is 11.3 Å². The van der Waals surface area contributed by atoms with Crippen molar-refractivity contribution in [2.45, 2.75) is 39.7 Å². The number of methoxy groups -OCH3 is 3. The van der Waals surface area contributed by atoms with E-state index in [1.165, 1.54) is 0 Å². The second-order valence-electron chi connectivity index (χ2n) is 8.30. The zero-order valence-electron chi connectivity index (χ0n) is 19.7. The molecule has 0 aliphatic carbocycles. The second kappa shape index (κ2) is 9.17. The predicted molar refractivity (Wildman–Crippen MR) is 125 cm³/mol. The van der Waals surface area contributed by atoms with Gasteiger partial charge in [0.05, 0.1) is 21.3 Å². The highest BCUT2D eigenvalue weighted by molar-refractivity contribution is 5.86. The van der Waals surface area contributed by atoms with E-state index in [1.54, 1.807) is 21.3 Å². The van der Waals surface area contributed by atoms with Crippen molar-refractivity contribution in [1.82, 2.24) is 4.90 Å². The van der Waals surface area contributed by atoms with Gasteiger partial charge in [-0.05, 0) is 67.6 Å². The van der Waals surface area contributed by atoms with Crippen LogP contribution in [0.25, 0.3) is 11.0 Å². The predicted octanol–water partition coefficient (Wildman–Crippen LogP) is 3.95.